The van der Waals surface area contributed by atoms with Crippen molar-refractivity contribution in [3.05, 3.63) is 0 Å². The van der Waals surface area contributed by atoms with Gasteiger partial charge in [0.2, 0.25) is 5.91 Å². The molecule has 6 nitrogen and oxygen atoms in total. The molecule has 0 bridgehead atoms. The zero-order valence-corrected chi connectivity index (χ0v) is 11.2. The van der Waals surface area contributed by atoms with E-state index in [0.29, 0.717) is 0 Å². The molecule has 0 radical (unpaired) electrons. The molecule has 1 aliphatic rings. The minimum absolute atomic E-state index is 0.0588. The Balaban J connectivity index is 2.25. The summed E-state index contributed by atoms with van der Waals surface area (Å²) in [6.07, 6.45) is 1.20. The van der Waals surface area contributed by atoms with Crippen molar-refractivity contribution in [2.24, 2.45) is 0 Å². The largest absolute Gasteiger partial charge is 0.481 e. The van der Waals surface area contributed by atoms with E-state index >= 15 is 0 Å². The number of urea groups is 1. The SMILES string of the molecule is CN(C(=O)NC(=O)CCCC(=O)O)C1CCSC1. The highest BCUT2D eigenvalue weighted by Crippen LogP contribution is 2.21. The third-order valence-corrected chi connectivity index (χ3v) is 3.96. The summed E-state index contributed by atoms with van der Waals surface area (Å²) in [4.78, 5) is 34.9. The Hall–Kier alpha value is -1.24. The topological polar surface area (TPSA) is 86.7 Å². The van der Waals surface area contributed by atoms with Crippen molar-refractivity contribution in [1.82, 2.24) is 10.2 Å². The highest BCUT2D eigenvalue weighted by atomic mass is 32.2. The molecule has 7 heteroatoms. The number of hydrogen-bond donors (Lipinski definition) is 2. The zero-order valence-electron chi connectivity index (χ0n) is 10.3. The second kappa shape index (κ2) is 7.25. The van der Waals surface area contributed by atoms with E-state index < -0.39 is 17.9 Å². The van der Waals surface area contributed by atoms with Crippen molar-refractivity contribution < 1.29 is 19.5 Å². The van der Waals surface area contributed by atoms with Crippen LogP contribution in [0, 0.1) is 0 Å². The third kappa shape index (κ3) is 4.95. The van der Waals surface area contributed by atoms with E-state index in [1.807, 2.05) is 0 Å². The summed E-state index contributed by atoms with van der Waals surface area (Å²) in [5.41, 5.74) is 0. The highest BCUT2D eigenvalue weighted by molar-refractivity contribution is 7.99. The molecule has 102 valence electrons. The van der Waals surface area contributed by atoms with Gasteiger partial charge in [-0.2, -0.15) is 11.8 Å². The van der Waals surface area contributed by atoms with Crippen LogP contribution in [0.15, 0.2) is 0 Å². The number of imide groups is 1. The summed E-state index contributed by atoms with van der Waals surface area (Å²) in [5, 5.41) is 10.7. The number of carbonyl (C=O) groups is 3. The fraction of sp³-hybridized carbons (Fsp3) is 0.727. The minimum atomic E-state index is -0.936. The molecule has 1 atom stereocenters. The van der Waals surface area contributed by atoms with Crippen LogP contribution in [0.3, 0.4) is 0 Å². The molecule has 1 aliphatic heterocycles. The Morgan fingerprint density at radius 2 is 2.11 bits per heavy atom. The molecule has 1 rings (SSSR count). The third-order valence-electron chi connectivity index (χ3n) is 2.81. The molecular weight excluding hydrogens is 256 g/mol. The van der Waals surface area contributed by atoms with Gasteiger partial charge in [0.25, 0.3) is 0 Å². The summed E-state index contributed by atoms with van der Waals surface area (Å²) in [6, 6.07) is -0.218. The molecule has 1 unspecified atom stereocenters. The molecule has 0 aromatic heterocycles. The van der Waals surface area contributed by atoms with E-state index in [1.165, 1.54) is 0 Å². The Kier molecular flexibility index (Phi) is 5.97. The number of carbonyl (C=O) groups excluding carboxylic acids is 2. The fourth-order valence-electron chi connectivity index (χ4n) is 1.66. The van der Waals surface area contributed by atoms with E-state index in [0.717, 1.165) is 17.9 Å². The summed E-state index contributed by atoms with van der Waals surface area (Å²) >= 11 is 1.79. The van der Waals surface area contributed by atoms with Crippen molar-refractivity contribution >= 4 is 29.7 Å². The number of aliphatic carboxylic acids is 1. The maximum absolute atomic E-state index is 11.7. The predicted molar refractivity (Wildman–Crippen MR) is 68.5 cm³/mol. The first-order chi connectivity index (χ1) is 8.50. The first kappa shape index (κ1) is 14.8. The van der Waals surface area contributed by atoms with Crippen molar-refractivity contribution in [3.8, 4) is 0 Å². The number of nitrogens with zero attached hydrogens (tertiary/aromatic N) is 1. The van der Waals surface area contributed by atoms with Gasteiger partial charge in [-0.25, -0.2) is 4.79 Å². The molecule has 1 saturated heterocycles. The van der Waals surface area contributed by atoms with Crippen molar-refractivity contribution in [1.29, 1.82) is 0 Å². The number of carboxylic acids is 1. The van der Waals surface area contributed by atoms with E-state index in [-0.39, 0.29) is 25.3 Å². The molecule has 0 aromatic carbocycles. The molecule has 3 amide bonds. The Morgan fingerprint density at radius 3 is 2.67 bits per heavy atom. The number of rotatable bonds is 5. The lowest BCUT2D eigenvalue weighted by molar-refractivity contribution is -0.137. The van der Waals surface area contributed by atoms with Crippen LogP contribution in [-0.4, -0.2) is 52.5 Å². The van der Waals surface area contributed by atoms with Gasteiger partial charge in [0, 0.05) is 31.7 Å². The summed E-state index contributed by atoms with van der Waals surface area (Å²) < 4.78 is 0. The number of thioether (sulfide) groups is 1. The van der Waals surface area contributed by atoms with Crippen LogP contribution >= 0.6 is 11.8 Å². The smallest absolute Gasteiger partial charge is 0.324 e. The molecule has 1 fully saturated rings. The van der Waals surface area contributed by atoms with Crippen LogP contribution < -0.4 is 5.32 Å². The Morgan fingerprint density at radius 1 is 1.39 bits per heavy atom. The average Bonchev–Trinajstić information content (AvgIpc) is 2.80. The number of amides is 3. The standard InChI is InChI=1S/C11H18N2O4S/c1-13(8-5-6-18-7-8)11(17)12-9(14)3-2-4-10(15)16/h8H,2-7H2,1H3,(H,15,16)(H,12,14,17). The van der Waals surface area contributed by atoms with Crippen molar-refractivity contribution in [3.63, 3.8) is 0 Å². The van der Waals surface area contributed by atoms with Gasteiger partial charge in [-0.15, -0.1) is 0 Å². The second-order valence-electron chi connectivity index (χ2n) is 4.23. The lowest BCUT2D eigenvalue weighted by Gasteiger charge is -2.23. The number of hydrogen-bond acceptors (Lipinski definition) is 4. The van der Waals surface area contributed by atoms with Crippen LogP contribution in [0.4, 0.5) is 4.79 Å². The first-order valence-corrected chi connectivity index (χ1v) is 7.02. The lowest BCUT2D eigenvalue weighted by Crippen LogP contribution is -2.45. The molecule has 0 aliphatic carbocycles. The lowest BCUT2D eigenvalue weighted by atomic mass is 10.2. The molecule has 0 saturated carbocycles. The van der Waals surface area contributed by atoms with Crippen LogP contribution in [0.5, 0.6) is 0 Å². The fourth-order valence-corrected chi connectivity index (χ4v) is 2.93. The molecule has 1 heterocycles. The number of carboxylic acid groups (broad SMARTS) is 1. The predicted octanol–water partition coefficient (Wildman–Crippen LogP) is 0.915. The van der Waals surface area contributed by atoms with Gasteiger partial charge in [0.15, 0.2) is 0 Å². The minimum Gasteiger partial charge on any atom is -0.481 e. The normalized spacial score (nSPS) is 18.4. The van der Waals surface area contributed by atoms with E-state index in [9.17, 15) is 14.4 Å². The quantitative estimate of drug-likeness (QED) is 0.778. The van der Waals surface area contributed by atoms with Gasteiger partial charge >= 0.3 is 12.0 Å². The van der Waals surface area contributed by atoms with Gasteiger partial charge < -0.3 is 10.0 Å². The summed E-state index contributed by atoms with van der Waals surface area (Å²) in [5.74, 6) is 0.583. The monoisotopic (exact) mass is 274 g/mol. The number of nitrogens with one attached hydrogen (secondary N) is 1. The van der Waals surface area contributed by atoms with Crippen LogP contribution in [0.1, 0.15) is 25.7 Å². The second-order valence-corrected chi connectivity index (χ2v) is 5.38. The first-order valence-electron chi connectivity index (χ1n) is 5.87. The van der Waals surface area contributed by atoms with Gasteiger partial charge in [-0.05, 0) is 18.6 Å². The average molecular weight is 274 g/mol. The molecule has 0 spiro atoms. The molecule has 2 N–H and O–H groups in total. The van der Waals surface area contributed by atoms with Crippen molar-refractivity contribution in [2.45, 2.75) is 31.7 Å². The van der Waals surface area contributed by atoms with Gasteiger partial charge in [0.1, 0.15) is 0 Å². The van der Waals surface area contributed by atoms with Crippen LogP contribution in [0.25, 0.3) is 0 Å². The maximum Gasteiger partial charge on any atom is 0.324 e. The van der Waals surface area contributed by atoms with Crippen LogP contribution in [0.2, 0.25) is 0 Å². The Labute approximate surface area is 110 Å². The van der Waals surface area contributed by atoms with Gasteiger partial charge in [0.05, 0.1) is 0 Å². The molecule has 18 heavy (non-hydrogen) atoms. The van der Waals surface area contributed by atoms with E-state index in [2.05, 4.69) is 5.32 Å². The highest BCUT2D eigenvalue weighted by Gasteiger charge is 2.24. The summed E-state index contributed by atoms with van der Waals surface area (Å²) in [6.45, 7) is 0. The van der Waals surface area contributed by atoms with Crippen molar-refractivity contribution in [2.75, 3.05) is 18.6 Å². The van der Waals surface area contributed by atoms with Crippen LogP contribution in [-0.2, 0) is 9.59 Å². The Bertz CT molecular complexity index is 329. The van der Waals surface area contributed by atoms with E-state index in [4.69, 9.17) is 5.11 Å². The zero-order chi connectivity index (χ0) is 13.5. The maximum atomic E-state index is 11.7. The van der Waals surface area contributed by atoms with Gasteiger partial charge in [-0.1, -0.05) is 0 Å². The summed E-state index contributed by atoms with van der Waals surface area (Å²) in [7, 11) is 1.68. The van der Waals surface area contributed by atoms with E-state index in [1.54, 1.807) is 23.7 Å². The molecular formula is C11H18N2O4S. The molecule has 0 aromatic rings. The van der Waals surface area contributed by atoms with Gasteiger partial charge in [-0.3, -0.25) is 14.9 Å².